The van der Waals surface area contributed by atoms with Crippen LogP contribution < -0.4 is 10.1 Å². The molecule has 1 aromatic rings. The van der Waals surface area contributed by atoms with Gasteiger partial charge in [-0.1, -0.05) is 11.6 Å². The second-order valence-corrected chi connectivity index (χ2v) is 3.88. The lowest BCUT2D eigenvalue weighted by Crippen LogP contribution is -2.38. The number of carboxylic acids is 1. The number of halogens is 1. The Hall–Kier alpha value is -1.82. The fraction of sp³-hybridized carbons (Fsp3) is 0.364. The Morgan fingerprint density at radius 2 is 2.28 bits per heavy atom. The van der Waals surface area contributed by atoms with Gasteiger partial charge < -0.3 is 15.2 Å². The van der Waals surface area contributed by atoms with E-state index in [4.69, 9.17) is 21.4 Å². The molecule has 0 aliphatic carbocycles. The summed E-state index contributed by atoms with van der Waals surface area (Å²) < 4.78 is 5.12. The minimum atomic E-state index is -1.12. The van der Waals surface area contributed by atoms with Crippen LogP contribution >= 0.6 is 11.6 Å². The van der Waals surface area contributed by atoms with E-state index in [-0.39, 0.29) is 16.5 Å². The number of hydrogen-bond donors (Lipinski definition) is 2. The molecule has 0 saturated heterocycles. The molecule has 0 unspecified atom stereocenters. The molecule has 7 heteroatoms. The van der Waals surface area contributed by atoms with Gasteiger partial charge in [0.2, 0.25) is 5.88 Å². The minimum Gasteiger partial charge on any atom is -0.480 e. The van der Waals surface area contributed by atoms with Crippen molar-refractivity contribution in [2.45, 2.75) is 19.9 Å². The van der Waals surface area contributed by atoms with E-state index in [1.807, 2.05) is 0 Å². The van der Waals surface area contributed by atoms with E-state index >= 15 is 0 Å². The maximum Gasteiger partial charge on any atom is 0.325 e. The van der Waals surface area contributed by atoms with Crippen molar-refractivity contribution in [2.24, 2.45) is 0 Å². The van der Waals surface area contributed by atoms with Gasteiger partial charge in [-0.15, -0.1) is 0 Å². The molecule has 1 atom stereocenters. The van der Waals surface area contributed by atoms with Crippen molar-refractivity contribution >= 4 is 23.5 Å². The van der Waals surface area contributed by atoms with Gasteiger partial charge in [0.05, 0.1) is 12.2 Å². The van der Waals surface area contributed by atoms with Crippen molar-refractivity contribution in [3.8, 4) is 5.88 Å². The first-order chi connectivity index (χ1) is 8.45. The molecule has 1 rings (SSSR count). The molecular weight excluding hydrogens is 260 g/mol. The maximum atomic E-state index is 11.7. The second kappa shape index (κ2) is 6.20. The number of pyridine rings is 1. The standard InChI is InChI=1S/C11H13ClN2O4/c1-3-18-10-8(12)4-7(5-13-10)9(15)14-6(2)11(16)17/h4-6H,3H2,1-2H3,(H,14,15)(H,16,17)/t6-/m1/s1. The summed E-state index contributed by atoms with van der Waals surface area (Å²) in [4.78, 5) is 26.1. The molecule has 0 aliphatic rings. The van der Waals surface area contributed by atoms with Crippen LogP contribution in [0, 0.1) is 0 Å². The lowest BCUT2D eigenvalue weighted by atomic mass is 10.2. The summed E-state index contributed by atoms with van der Waals surface area (Å²) in [6.45, 7) is 3.56. The van der Waals surface area contributed by atoms with E-state index in [2.05, 4.69) is 10.3 Å². The van der Waals surface area contributed by atoms with E-state index in [1.54, 1.807) is 6.92 Å². The number of nitrogens with zero attached hydrogens (tertiary/aromatic N) is 1. The Kier molecular flexibility index (Phi) is 4.91. The van der Waals surface area contributed by atoms with Gasteiger partial charge in [0.1, 0.15) is 11.1 Å². The Bertz CT molecular complexity index is 464. The monoisotopic (exact) mass is 272 g/mol. The highest BCUT2D eigenvalue weighted by atomic mass is 35.5. The smallest absolute Gasteiger partial charge is 0.325 e. The number of ether oxygens (including phenoxy) is 1. The van der Waals surface area contributed by atoms with Crippen LogP contribution in [0.25, 0.3) is 0 Å². The normalized spacial score (nSPS) is 11.7. The number of carbonyl (C=O) groups is 2. The van der Waals surface area contributed by atoms with Crippen LogP contribution in [0.5, 0.6) is 5.88 Å². The van der Waals surface area contributed by atoms with Crippen LogP contribution in [0.1, 0.15) is 24.2 Å². The summed E-state index contributed by atoms with van der Waals surface area (Å²) in [5.74, 6) is -1.43. The zero-order chi connectivity index (χ0) is 13.7. The molecule has 2 N–H and O–H groups in total. The van der Waals surface area contributed by atoms with E-state index in [1.165, 1.54) is 19.2 Å². The van der Waals surface area contributed by atoms with Crippen molar-refractivity contribution in [3.63, 3.8) is 0 Å². The first-order valence-electron chi connectivity index (χ1n) is 5.27. The number of amides is 1. The van der Waals surface area contributed by atoms with Crippen LogP contribution in [0.2, 0.25) is 5.02 Å². The van der Waals surface area contributed by atoms with E-state index in [9.17, 15) is 9.59 Å². The van der Waals surface area contributed by atoms with E-state index in [0.29, 0.717) is 6.61 Å². The quantitative estimate of drug-likeness (QED) is 0.844. The number of carboxylic acid groups (broad SMARTS) is 1. The highest BCUT2D eigenvalue weighted by Crippen LogP contribution is 2.22. The Balaban J connectivity index is 2.81. The molecule has 0 bridgehead atoms. The third-order valence-electron chi connectivity index (χ3n) is 2.07. The molecule has 1 aromatic heterocycles. The van der Waals surface area contributed by atoms with Crippen molar-refractivity contribution in [2.75, 3.05) is 6.61 Å². The largest absolute Gasteiger partial charge is 0.480 e. The molecule has 1 amide bonds. The third kappa shape index (κ3) is 3.59. The van der Waals surface area contributed by atoms with Gasteiger partial charge in [0, 0.05) is 6.20 Å². The lowest BCUT2D eigenvalue weighted by molar-refractivity contribution is -0.138. The Labute approximate surface area is 109 Å². The molecule has 18 heavy (non-hydrogen) atoms. The van der Waals surface area contributed by atoms with Crippen LogP contribution in [0.3, 0.4) is 0 Å². The van der Waals surface area contributed by atoms with Crippen LogP contribution in [-0.2, 0) is 4.79 Å². The van der Waals surface area contributed by atoms with Crippen molar-refractivity contribution in [1.82, 2.24) is 10.3 Å². The zero-order valence-electron chi connectivity index (χ0n) is 9.94. The molecule has 98 valence electrons. The van der Waals surface area contributed by atoms with Gasteiger partial charge >= 0.3 is 5.97 Å². The van der Waals surface area contributed by atoms with Gasteiger partial charge in [0.25, 0.3) is 5.91 Å². The summed E-state index contributed by atoms with van der Waals surface area (Å²) in [6.07, 6.45) is 1.28. The van der Waals surface area contributed by atoms with E-state index < -0.39 is 17.9 Å². The Morgan fingerprint density at radius 3 is 2.78 bits per heavy atom. The first-order valence-corrected chi connectivity index (χ1v) is 5.65. The SMILES string of the molecule is CCOc1ncc(C(=O)N[C@H](C)C(=O)O)cc1Cl. The molecule has 0 spiro atoms. The second-order valence-electron chi connectivity index (χ2n) is 3.48. The minimum absolute atomic E-state index is 0.177. The average molecular weight is 273 g/mol. The molecular formula is C11H13ClN2O4. The summed E-state index contributed by atoms with van der Waals surface area (Å²) >= 11 is 5.87. The van der Waals surface area contributed by atoms with Crippen LogP contribution in [0.4, 0.5) is 0 Å². The van der Waals surface area contributed by atoms with Gasteiger partial charge in [-0.2, -0.15) is 0 Å². The number of nitrogens with one attached hydrogen (secondary N) is 1. The number of aliphatic carboxylic acids is 1. The summed E-state index contributed by atoms with van der Waals surface area (Å²) in [6, 6.07) is 0.395. The summed E-state index contributed by atoms with van der Waals surface area (Å²) in [5, 5.41) is 11.2. The summed E-state index contributed by atoms with van der Waals surface area (Å²) in [7, 11) is 0. The third-order valence-corrected chi connectivity index (χ3v) is 2.34. The fourth-order valence-corrected chi connectivity index (χ4v) is 1.36. The number of hydrogen-bond acceptors (Lipinski definition) is 4. The summed E-state index contributed by atoms with van der Waals surface area (Å²) in [5.41, 5.74) is 0.177. The predicted octanol–water partition coefficient (Wildman–Crippen LogP) is 1.34. The van der Waals surface area contributed by atoms with Gasteiger partial charge in [-0.05, 0) is 19.9 Å². The highest BCUT2D eigenvalue weighted by Gasteiger charge is 2.16. The molecule has 0 saturated carbocycles. The molecule has 0 aromatic carbocycles. The average Bonchev–Trinajstić information content (AvgIpc) is 2.31. The molecule has 0 fully saturated rings. The number of carbonyl (C=O) groups excluding carboxylic acids is 1. The van der Waals surface area contributed by atoms with E-state index in [0.717, 1.165) is 0 Å². The fourth-order valence-electron chi connectivity index (χ4n) is 1.13. The zero-order valence-corrected chi connectivity index (χ0v) is 10.7. The molecule has 1 heterocycles. The molecule has 0 aliphatic heterocycles. The molecule has 6 nitrogen and oxygen atoms in total. The van der Waals surface area contributed by atoms with Gasteiger partial charge in [0.15, 0.2) is 0 Å². The van der Waals surface area contributed by atoms with Crippen molar-refractivity contribution < 1.29 is 19.4 Å². The van der Waals surface area contributed by atoms with Crippen molar-refractivity contribution in [3.05, 3.63) is 22.8 Å². The van der Waals surface area contributed by atoms with Crippen LogP contribution in [-0.4, -0.2) is 34.6 Å². The van der Waals surface area contributed by atoms with Gasteiger partial charge in [-0.25, -0.2) is 4.98 Å². The maximum absolute atomic E-state index is 11.7. The Morgan fingerprint density at radius 1 is 1.61 bits per heavy atom. The van der Waals surface area contributed by atoms with Gasteiger partial charge in [-0.3, -0.25) is 9.59 Å². The topological polar surface area (TPSA) is 88.5 Å². The van der Waals surface area contributed by atoms with Crippen molar-refractivity contribution in [1.29, 1.82) is 0 Å². The number of aromatic nitrogens is 1. The number of rotatable bonds is 5. The lowest BCUT2D eigenvalue weighted by Gasteiger charge is -2.10. The molecule has 0 radical (unpaired) electrons. The predicted molar refractivity (Wildman–Crippen MR) is 65.0 cm³/mol. The first kappa shape index (κ1) is 14.2. The van der Waals surface area contributed by atoms with Crippen LogP contribution in [0.15, 0.2) is 12.3 Å². The highest BCUT2D eigenvalue weighted by molar-refractivity contribution is 6.32.